The van der Waals surface area contributed by atoms with Crippen LogP contribution >= 0.6 is 0 Å². The topological polar surface area (TPSA) is 101 Å². The number of rotatable bonds is 9. The third-order valence-corrected chi connectivity index (χ3v) is 13.1. The molecule has 3 aliphatic rings. The fourth-order valence-corrected chi connectivity index (χ4v) is 10.4. The number of ketones is 1. The highest BCUT2D eigenvalue weighted by Gasteiger charge is 2.56. The van der Waals surface area contributed by atoms with Crippen molar-refractivity contribution in [2.45, 2.75) is 82.1 Å². The van der Waals surface area contributed by atoms with Crippen molar-refractivity contribution in [3.8, 4) is 0 Å². The van der Waals surface area contributed by atoms with Gasteiger partial charge in [-0.3, -0.25) is 14.2 Å². The van der Waals surface area contributed by atoms with Gasteiger partial charge < -0.3 is 4.74 Å². The summed E-state index contributed by atoms with van der Waals surface area (Å²) in [4.78, 5) is 28.1. The number of ether oxygens (including phenoxy) is 1. The molecule has 7 nitrogen and oxygen atoms in total. The summed E-state index contributed by atoms with van der Waals surface area (Å²) in [7, 11) is -5.94. The second-order valence-corrected chi connectivity index (χ2v) is 16.1. The Morgan fingerprint density at radius 1 is 1.10 bits per heavy atom. The Bertz CT molecular complexity index is 1170. The molecule has 11 heteroatoms. The van der Waals surface area contributed by atoms with Crippen LogP contribution in [0.2, 0.25) is 0 Å². The number of hydrogen-bond donors (Lipinski definition) is 1. The van der Waals surface area contributed by atoms with Gasteiger partial charge in [-0.25, -0.2) is 4.79 Å². The van der Waals surface area contributed by atoms with Crippen LogP contribution in [0.25, 0.3) is 0 Å². The first-order valence-corrected chi connectivity index (χ1v) is 18.0. The lowest BCUT2D eigenvalue weighted by Crippen LogP contribution is -2.50. The van der Waals surface area contributed by atoms with E-state index in [-0.39, 0.29) is 60.0 Å². The largest absolute Gasteiger partial charge is 0.450 e. The van der Waals surface area contributed by atoms with Gasteiger partial charge in [0.1, 0.15) is 11.5 Å². The molecule has 1 aromatic carbocycles. The van der Waals surface area contributed by atoms with E-state index in [0.29, 0.717) is 42.5 Å². The molecular formula is C30H44F2NO6S2+. The standard InChI is InChI=1S/C30H43F2NO6S2/c1-4-39-29(35)33-13-15-40(16-14-33)27(28(34)22-11-9-21(10-12-22)20(2)3)19-24-18-25(30(31,32)41(36,37)38)17-23-7-5-6-8-26(23)24/h9-12,20,23-27H,4-8,13-19H2,1-3H3/p+1. The minimum Gasteiger partial charge on any atom is -0.450 e. The molecule has 1 N–H and O–H groups in total. The van der Waals surface area contributed by atoms with Crippen molar-refractivity contribution in [1.82, 2.24) is 4.90 Å². The minimum atomic E-state index is -5.55. The molecular weight excluding hydrogens is 572 g/mol. The molecule has 0 aromatic heterocycles. The minimum absolute atomic E-state index is 0.00996. The van der Waals surface area contributed by atoms with E-state index in [1.165, 1.54) is 0 Å². The van der Waals surface area contributed by atoms with Crippen LogP contribution in [0.4, 0.5) is 13.6 Å². The number of carbonyl (C=O) groups excluding carboxylic acids is 2. The van der Waals surface area contributed by atoms with Crippen LogP contribution in [-0.2, 0) is 25.7 Å². The van der Waals surface area contributed by atoms with Crippen LogP contribution < -0.4 is 0 Å². The molecule has 1 saturated heterocycles. The summed E-state index contributed by atoms with van der Waals surface area (Å²) in [5, 5.41) is -4.62. The first kappa shape index (κ1) is 32.2. The average Bonchev–Trinajstić information content (AvgIpc) is 2.95. The van der Waals surface area contributed by atoms with Crippen LogP contribution in [0.15, 0.2) is 24.3 Å². The molecule has 0 radical (unpaired) electrons. The van der Waals surface area contributed by atoms with Crippen molar-refractivity contribution in [2.75, 3.05) is 31.2 Å². The Morgan fingerprint density at radius 2 is 1.73 bits per heavy atom. The summed E-state index contributed by atoms with van der Waals surface area (Å²) >= 11 is 0. The fraction of sp³-hybridized carbons (Fsp3) is 0.733. The Labute approximate surface area is 245 Å². The number of hydrogen-bond acceptors (Lipinski definition) is 5. The van der Waals surface area contributed by atoms with Crippen molar-refractivity contribution in [1.29, 1.82) is 0 Å². The first-order chi connectivity index (χ1) is 19.3. The van der Waals surface area contributed by atoms with Crippen molar-refractivity contribution >= 4 is 32.9 Å². The quantitative estimate of drug-likeness (QED) is 0.203. The summed E-state index contributed by atoms with van der Waals surface area (Å²) in [6.45, 7) is 7.15. The summed E-state index contributed by atoms with van der Waals surface area (Å²) < 4.78 is 67.9. The Balaban J connectivity index is 1.62. The highest BCUT2D eigenvalue weighted by molar-refractivity contribution is 7.98. The Hall–Kier alpha value is -1.72. The van der Waals surface area contributed by atoms with Gasteiger partial charge in [-0.2, -0.15) is 17.2 Å². The van der Waals surface area contributed by atoms with E-state index < -0.39 is 26.5 Å². The van der Waals surface area contributed by atoms with E-state index in [4.69, 9.17) is 4.74 Å². The number of alkyl halides is 2. The maximum atomic E-state index is 15.0. The fourth-order valence-electron chi connectivity index (χ4n) is 7.15. The summed E-state index contributed by atoms with van der Waals surface area (Å²) in [5.41, 5.74) is 1.71. The Morgan fingerprint density at radius 3 is 2.32 bits per heavy atom. The van der Waals surface area contributed by atoms with Gasteiger partial charge in [-0.15, -0.1) is 0 Å². The summed E-state index contributed by atoms with van der Waals surface area (Å²) in [5.74, 6) is -0.0474. The molecule has 5 atom stereocenters. The van der Waals surface area contributed by atoms with Gasteiger partial charge in [-0.05, 0) is 55.4 Å². The van der Waals surface area contributed by atoms with E-state index in [2.05, 4.69) is 13.8 Å². The van der Waals surface area contributed by atoms with E-state index in [1.54, 1.807) is 11.8 Å². The van der Waals surface area contributed by atoms with Gasteiger partial charge in [0.2, 0.25) is 5.78 Å². The molecule has 1 amide bonds. The van der Waals surface area contributed by atoms with Crippen LogP contribution in [0.1, 0.15) is 87.6 Å². The van der Waals surface area contributed by atoms with Crippen molar-refractivity contribution in [2.24, 2.45) is 23.7 Å². The van der Waals surface area contributed by atoms with Crippen LogP contribution in [-0.4, -0.2) is 71.5 Å². The lowest BCUT2D eigenvalue weighted by molar-refractivity contribution is -0.0494. The SMILES string of the molecule is CCOC(=O)N1CC[S+](C(CC2CC(C(F)(F)S(=O)(=O)O)CC3CCCCC32)C(=O)c2ccc(C(C)C)cc2)CC1. The van der Waals surface area contributed by atoms with Crippen LogP contribution in [0, 0.1) is 23.7 Å². The van der Waals surface area contributed by atoms with Crippen molar-refractivity contribution < 1.29 is 36.1 Å². The third kappa shape index (κ3) is 7.26. The second kappa shape index (κ2) is 13.3. The van der Waals surface area contributed by atoms with E-state index >= 15 is 0 Å². The molecule has 2 aliphatic carbocycles. The van der Waals surface area contributed by atoms with Gasteiger partial charge >= 0.3 is 21.5 Å². The molecule has 0 spiro atoms. The zero-order chi connectivity index (χ0) is 29.9. The molecule has 1 aromatic rings. The van der Waals surface area contributed by atoms with Gasteiger partial charge in [0.15, 0.2) is 5.25 Å². The molecule has 1 aliphatic heterocycles. The highest BCUT2D eigenvalue weighted by Crippen LogP contribution is 2.52. The van der Waals surface area contributed by atoms with E-state index in [1.807, 2.05) is 24.3 Å². The number of halogens is 2. The Kier molecular flexibility index (Phi) is 10.4. The van der Waals surface area contributed by atoms with E-state index in [9.17, 15) is 31.3 Å². The maximum Gasteiger partial charge on any atom is 0.410 e. The van der Waals surface area contributed by atoms with Gasteiger partial charge in [0, 0.05) is 28.8 Å². The second-order valence-electron chi connectivity index (χ2n) is 12.2. The number of carbonyl (C=O) groups is 2. The summed E-state index contributed by atoms with van der Waals surface area (Å²) in [6.07, 6.45) is 3.63. The lowest BCUT2D eigenvalue weighted by atomic mass is 9.61. The first-order valence-electron chi connectivity index (χ1n) is 14.9. The number of nitrogens with zero attached hydrogens (tertiary/aromatic N) is 1. The maximum absolute atomic E-state index is 15.0. The van der Waals surface area contributed by atoms with Gasteiger partial charge in [-0.1, -0.05) is 57.4 Å². The molecule has 5 unspecified atom stereocenters. The van der Waals surface area contributed by atoms with Crippen LogP contribution in [0.3, 0.4) is 0 Å². The predicted molar refractivity (Wildman–Crippen MR) is 157 cm³/mol. The number of Topliss-reactive ketones (excluding diaryl/α,β-unsaturated/α-hetero) is 1. The lowest BCUT2D eigenvalue weighted by Gasteiger charge is -2.46. The number of amides is 1. The predicted octanol–water partition coefficient (Wildman–Crippen LogP) is 6.16. The zero-order valence-corrected chi connectivity index (χ0v) is 25.9. The monoisotopic (exact) mass is 616 g/mol. The highest BCUT2D eigenvalue weighted by atomic mass is 32.2. The molecule has 1 heterocycles. The smallest absolute Gasteiger partial charge is 0.410 e. The normalized spacial score (nSPS) is 26.9. The molecule has 230 valence electrons. The molecule has 0 bridgehead atoms. The van der Waals surface area contributed by atoms with Crippen LogP contribution in [0.5, 0.6) is 0 Å². The molecule has 4 rings (SSSR count). The summed E-state index contributed by atoms with van der Waals surface area (Å²) in [6, 6.07) is 7.62. The molecule has 2 saturated carbocycles. The third-order valence-electron chi connectivity index (χ3n) is 9.41. The zero-order valence-electron chi connectivity index (χ0n) is 24.3. The molecule has 41 heavy (non-hydrogen) atoms. The number of benzene rings is 1. The molecule has 3 fully saturated rings. The van der Waals surface area contributed by atoms with Crippen molar-refractivity contribution in [3.63, 3.8) is 0 Å². The average molecular weight is 617 g/mol. The van der Waals surface area contributed by atoms with Crippen molar-refractivity contribution in [3.05, 3.63) is 35.4 Å². The van der Waals surface area contributed by atoms with E-state index in [0.717, 1.165) is 31.2 Å². The van der Waals surface area contributed by atoms with Gasteiger partial charge in [0.25, 0.3) is 0 Å². The number of fused-ring (bicyclic) bond motifs is 1. The van der Waals surface area contributed by atoms with Gasteiger partial charge in [0.05, 0.1) is 19.7 Å².